The van der Waals surface area contributed by atoms with Crippen LogP contribution in [-0.4, -0.2) is 23.1 Å². The number of benzene rings is 1. The molecule has 1 heterocycles. The number of fused-ring (bicyclic) bond motifs is 3. The van der Waals surface area contributed by atoms with Crippen molar-refractivity contribution in [3.8, 4) is 18.1 Å². The lowest BCUT2D eigenvalue weighted by Crippen LogP contribution is -2.67. The fourth-order valence-corrected chi connectivity index (χ4v) is 4.72. The highest BCUT2D eigenvalue weighted by Gasteiger charge is 2.57. The first-order chi connectivity index (χ1) is 12.3. The van der Waals surface area contributed by atoms with E-state index in [1.807, 2.05) is 32.0 Å². The molecule has 4 atom stereocenters. The fraction of sp³-hybridized carbons (Fsp3) is 0.524. The van der Waals surface area contributed by atoms with Gasteiger partial charge in [-0.05, 0) is 51.2 Å². The number of nitrogens with one attached hydrogen (secondary N) is 2. The number of para-hydroxylation sites is 1. The van der Waals surface area contributed by atoms with Crippen LogP contribution in [0.1, 0.15) is 49.9 Å². The molecule has 5 rings (SSSR count). The van der Waals surface area contributed by atoms with Crippen molar-refractivity contribution in [1.29, 1.82) is 0 Å². The second-order valence-corrected chi connectivity index (χ2v) is 8.28. The molecule has 1 spiro atoms. The van der Waals surface area contributed by atoms with E-state index in [9.17, 15) is 9.59 Å². The van der Waals surface area contributed by atoms with Crippen LogP contribution in [0.25, 0.3) is 0 Å². The average Bonchev–Trinajstić information content (AvgIpc) is 2.61. The number of ether oxygens (including phenoxy) is 1. The van der Waals surface area contributed by atoms with Crippen LogP contribution in [0.15, 0.2) is 24.3 Å². The summed E-state index contributed by atoms with van der Waals surface area (Å²) in [6.07, 6.45) is 8.79. The first kappa shape index (κ1) is 17.0. The molecule has 3 aliphatic carbocycles. The van der Waals surface area contributed by atoms with Crippen molar-refractivity contribution in [2.24, 2.45) is 17.8 Å². The fourth-order valence-electron chi connectivity index (χ4n) is 4.72. The number of amides is 2. The zero-order chi connectivity index (χ0) is 18.5. The van der Waals surface area contributed by atoms with Gasteiger partial charge in [0, 0.05) is 18.3 Å². The maximum atomic E-state index is 12.8. The highest BCUT2D eigenvalue weighted by atomic mass is 16.5. The Morgan fingerprint density at radius 1 is 1.38 bits per heavy atom. The van der Waals surface area contributed by atoms with E-state index in [2.05, 4.69) is 16.6 Å². The Bertz CT molecular complexity index is 810. The van der Waals surface area contributed by atoms with E-state index in [1.54, 1.807) is 6.07 Å². The van der Waals surface area contributed by atoms with Crippen LogP contribution in [-0.2, 0) is 4.79 Å². The monoisotopic (exact) mass is 352 g/mol. The summed E-state index contributed by atoms with van der Waals surface area (Å²) >= 11 is 0. The number of terminal acetylenes is 1. The topological polar surface area (TPSA) is 67.4 Å². The van der Waals surface area contributed by atoms with Gasteiger partial charge in [-0.3, -0.25) is 9.59 Å². The highest BCUT2D eigenvalue weighted by Crippen LogP contribution is 2.52. The summed E-state index contributed by atoms with van der Waals surface area (Å²) in [6, 6.07) is 7.33. The van der Waals surface area contributed by atoms with Crippen LogP contribution in [0.3, 0.4) is 0 Å². The highest BCUT2D eigenvalue weighted by molar-refractivity contribution is 5.98. The van der Waals surface area contributed by atoms with Crippen LogP contribution >= 0.6 is 0 Å². The minimum atomic E-state index is -0.688. The van der Waals surface area contributed by atoms with Crippen molar-refractivity contribution in [2.45, 2.75) is 50.8 Å². The summed E-state index contributed by atoms with van der Waals surface area (Å²) < 4.78 is 6.32. The second kappa shape index (κ2) is 5.77. The molecule has 26 heavy (non-hydrogen) atoms. The van der Waals surface area contributed by atoms with Gasteiger partial charge in [0.2, 0.25) is 5.91 Å². The molecule has 2 N–H and O–H groups in total. The Hall–Kier alpha value is -2.48. The summed E-state index contributed by atoms with van der Waals surface area (Å²) in [4.78, 5) is 25.3. The largest absolute Gasteiger partial charge is 0.467 e. The molecule has 3 saturated carbocycles. The van der Waals surface area contributed by atoms with Crippen molar-refractivity contribution in [1.82, 2.24) is 10.6 Å². The zero-order valence-corrected chi connectivity index (χ0v) is 15.2. The number of rotatable bonds is 2. The molecule has 2 bridgehead atoms. The van der Waals surface area contributed by atoms with Crippen molar-refractivity contribution in [2.75, 3.05) is 0 Å². The Morgan fingerprint density at radius 2 is 2.15 bits per heavy atom. The van der Waals surface area contributed by atoms with E-state index < -0.39 is 11.3 Å². The number of carbonyl (C=O) groups is 2. The number of hydrogen-bond acceptors (Lipinski definition) is 3. The molecule has 1 aromatic carbocycles. The van der Waals surface area contributed by atoms with Crippen molar-refractivity contribution in [3.63, 3.8) is 0 Å². The van der Waals surface area contributed by atoms with Crippen molar-refractivity contribution in [3.05, 3.63) is 29.8 Å². The SMILES string of the molecule is C#CC(C)(C)NC(=O)[C@@H]1C[C@H]2CC[C@H]1C[C@@]21NC(=O)c2ccccc2O1. The molecule has 136 valence electrons. The van der Waals surface area contributed by atoms with Crippen molar-refractivity contribution < 1.29 is 14.3 Å². The molecule has 3 fully saturated rings. The molecule has 0 aromatic heterocycles. The van der Waals surface area contributed by atoms with E-state index in [0.29, 0.717) is 24.2 Å². The summed E-state index contributed by atoms with van der Waals surface area (Å²) in [5.74, 6) is 3.40. The summed E-state index contributed by atoms with van der Waals surface area (Å²) in [7, 11) is 0. The zero-order valence-electron chi connectivity index (χ0n) is 15.2. The Morgan fingerprint density at radius 3 is 2.85 bits per heavy atom. The molecule has 1 aromatic rings. The Labute approximate surface area is 153 Å². The van der Waals surface area contributed by atoms with Gasteiger partial charge in [0.05, 0.1) is 11.1 Å². The van der Waals surface area contributed by atoms with Crippen LogP contribution in [0.2, 0.25) is 0 Å². The quantitative estimate of drug-likeness (QED) is 0.804. The van der Waals surface area contributed by atoms with Crippen LogP contribution in [0, 0.1) is 30.1 Å². The van der Waals surface area contributed by atoms with E-state index in [4.69, 9.17) is 11.2 Å². The van der Waals surface area contributed by atoms with Gasteiger partial charge in [0.1, 0.15) is 5.75 Å². The number of hydrogen-bond donors (Lipinski definition) is 2. The maximum absolute atomic E-state index is 12.8. The molecular formula is C21H24N2O3. The standard InChI is InChI=1S/C21H24N2O3/c1-4-20(2,3)22-19(25)16-11-14-10-9-13(16)12-21(14)23-18(24)15-7-5-6-8-17(15)26-21/h1,5-8,13-14,16H,9-12H2,2-3H3,(H,22,25)(H,23,24)/t13-,14+,16+,21-/m0/s1. The summed E-state index contributed by atoms with van der Waals surface area (Å²) in [6.45, 7) is 3.66. The van der Waals surface area contributed by atoms with Gasteiger partial charge in [-0.15, -0.1) is 6.42 Å². The van der Waals surface area contributed by atoms with E-state index >= 15 is 0 Å². The summed E-state index contributed by atoms with van der Waals surface area (Å²) in [5, 5.41) is 6.09. The third-order valence-electron chi connectivity index (χ3n) is 6.10. The van der Waals surface area contributed by atoms with E-state index in [-0.39, 0.29) is 29.6 Å². The molecule has 0 saturated heterocycles. The van der Waals surface area contributed by atoms with Gasteiger partial charge in [-0.25, -0.2) is 0 Å². The van der Waals surface area contributed by atoms with Crippen LogP contribution in [0.4, 0.5) is 0 Å². The third-order valence-corrected chi connectivity index (χ3v) is 6.10. The Balaban J connectivity index is 1.56. The lowest BCUT2D eigenvalue weighted by Gasteiger charge is -2.55. The average molecular weight is 352 g/mol. The molecule has 4 aliphatic rings. The summed E-state index contributed by atoms with van der Waals surface area (Å²) in [5.41, 5.74) is -0.767. The molecular weight excluding hydrogens is 328 g/mol. The van der Waals surface area contributed by atoms with Gasteiger partial charge < -0.3 is 15.4 Å². The maximum Gasteiger partial charge on any atom is 0.258 e. The van der Waals surface area contributed by atoms with Gasteiger partial charge in [-0.2, -0.15) is 0 Å². The van der Waals surface area contributed by atoms with Gasteiger partial charge in [0.15, 0.2) is 5.72 Å². The molecule has 5 heteroatoms. The van der Waals surface area contributed by atoms with Crippen LogP contribution < -0.4 is 15.4 Å². The first-order valence-corrected chi connectivity index (χ1v) is 9.24. The van der Waals surface area contributed by atoms with Gasteiger partial charge in [-0.1, -0.05) is 18.1 Å². The lowest BCUT2D eigenvalue weighted by molar-refractivity contribution is -0.147. The number of carbonyl (C=O) groups excluding carboxylic acids is 2. The van der Waals surface area contributed by atoms with Crippen LogP contribution in [0.5, 0.6) is 5.75 Å². The predicted molar refractivity (Wildman–Crippen MR) is 97.3 cm³/mol. The van der Waals surface area contributed by atoms with E-state index in [1.165, 1.54) is 0 Å². The minimum Gasteiger partial charge on any atom is -0.467 e. The Kier molecular flexibility index (Phi) is 3.76. The second-order valence-electron chi connectivity index (χ2n) is 8.28. The van der Waals surface area contributed by atoms with Crippen molar-refractivity contribution >= 4 is 11.8 Å². The smallest absolute Gasteiger partial charge is 0.258 e. The molecule has 0 radical (unpaired) electrons. The van der Waals surface area contributed by atoms with Gasteiger partial charge >= 0.3 is 0 Å². The molecule has 0 unspecified atom stereocenters. The molecule has 1 aliphatic heterocycles. The minimum absolute atomic E-state index is 0.0139. The molecule has 2 amide bonds. The van der Waals surface area contributed by atoms with Gasteiger partial charge in [0.25, 0.3) is 5.91 Å². The first-order valence-electron chi connectivity index (χ1n) is 9.24. The predicted octanol–water partition coefficient (Wildman–Crippen LogP) is 2.47. The lowest BCUT2D eigenvalue weighted by atomic mass is 9.59. The molecule has 5 nitrogen and oxygen atoms in total. The van der Waals surface area contributed by atoms with E-state index in [0.717, 1.165) is 12.8 Å². The normalized spacial score (nSPS) is 32.2. The third kappa shape index (κ3) is 2.65.